The number of rotatable bonds is 6. The van der Waals surface area contributed by atoms with Crippen LogP contribution in [0.4, 0.5) is 13.2 Å². The molecule has 1 saturated carbocycles. The molecule has 1 aliphatic carbocycles. The molecule has 2 atom stereocenters. The SMILES string of the molecule is C[C@H](C1CC1)N(CC(F)(F)F)C(=O)[C@@H]1CC(=O)N(Cc2ccccn2)C1. The fraction of sp³-hybridized carbons (Fsp3) is 0.611. The molecule has 2 aliphatic rings. The first kappa shape index (κ1) is 18.7. The smallest absolute Gasteiger partial charge is 0.336 e. The molecule has 26 heavy (non-hydrogen) atoms. The van der Waals surface area contributed by atoms with E-state index in [0.717, 1.165) is 17.7 Å². The number of pyridine rings is 1. The third-order valence-corrected chi connectivity index (χ3v) is 5.07. The Morgan fingerprint density at radius 1 is 1.38 bits per heavy atom. The van der Waals surface area contributed by atoms with Gasteiger partial charge in [0.25, 0.3) is 0 Å². The van der Waals surface area contributed by atoms with E-state index in [1.165, 1.54) is 4.90 Å². The van der Waals surface area contributed by atoms with E-state index in [0.29, 0.717) is 5.69 Å². The summed E-state index contributed by atoms with van der Waals surface area (Å²) < 4.78 is 38.9. The lowest BCUT2D eigenvalue weighted by molar-refractivity contribution is -0.168. The minimum Gasteiger partial charge on any atom is -0.336 e. The van der Waals surface area contributed by atoms with Crippen LogP contribution in [0.25, 0.3) is 0 Å². The van der Waals surface area contributed by atoms with Crippen LogP contribution in [0.5, 0.6) is 0 Å². The van der Waals surface area contributed by atoms with Gasteiger partial charge in [-0.2, -0.15) is 13.2 Å². The van der Waals surface area contributed by atoms with E-state index in [9.17, 15) is 22.8 Å². The Hall–Kier alpha value is -2.12. The second kappa shape index (κ2) is 7.25. The lowest BCUT2D eigenvalue weighted by Crippen LogP contribution is -2.48. The van der Waals surface area contributed by atoms with Gasteiger partial charge in [-0.15, -0.1) is 0 Å². The van der Waals surface area contributed by atoms with Gasteiger partial charge in [0.05, 0.1) is 18.2 Å². The van der Waals surface area contributed by atoms with Gasteiger partial charge in [0.1, 0.15) is 6.54 Å². The van der Waals surface area contributed by atoms with Crippen LogP contribution in [0.1, 0.15) is 31.9 Å². The third kappa shape index (κ3) is 4.53. The average molecular weight is 369 g/mol. The van der Waals surface area contributed by atoms with Crippen molar-refractivity contribution in [3.8, 4) is 0 Å². The average Bonchev–Trinajstić information content (AvgIpc) is 3.37. The molecule has 0 spiro atoms. The van der Waals surface area contributed by atoms with E-state index in [2.05, 4.69) is 4.98 Å². The maximum atomic E-state index is 13.0. The monoisotopic (exact) mass is 369 g/mol. The van der Waals surface area contributed by atoms with Gasteiger partial charge in [-0.1, -0.05) is 6.07 Å². The molecule has 1 saturated heterocycles. The molecule has 5 nitrogen and oxygen atoms in total. The molecule has 0 N–H and O–H groups in total. The van der Waals surface area contributed by atoms with Gasteiger partial charge in [-0.3, -0.25) is 14.6 Å². The second-order valence-corrected chi connectivity index (χ2v) is 7.16. The number of carbonyl (C=O) groups is 2. The van der Waals surface area contributed by atoms with Crippen LogP contribution in [0.2, 0.25) is 0 Å². The maximum absolute atomic E-state index is 13.0. The number of likely N-dealkylation sites (tertiary alicyclic amines) is 1. The van der Waals surface area contributed by atoms with Crippen LogP contribution in [0.15, 0.2) is 24.4 Å². The van der Waals surface area contributed by atoms with E-state index >= 15 is 0 Å². The van der Waals surface area contributed by atoms with Crippen LogP contribution in [0.3, 0.4) is 0 Å². The van der Waals surface area contributed by atoms with Crippen LogP contribution >= 0.6 is 0 Å². The van der Waals surface area contributed by atoms with E-state index in [1.54, 1.807) is 31.3 Å². The Bertz CT molecular complexity index is 661. The number of alkyl halides is 3. The Balaban J connectivity index is 1.68. The zero-order chi connectivity index (χ0) is 18.9. The molecule has 0 bridgehead atoms. The fourth-order valence-electron chi connectivity index (χ4n) is 3.46. The standard InChI is InChI=1S/C18H22F3N3O2/c1-12(13-5-6-13)24(11-18(19,20)21)17(26)14-8-16(25)23(9-14)10-15-4-2-3-7-22-15/h2-4,7,12-14H,5-6,8-11H2,1H3/t12-,14-/m1/s1. The van der Waals surface area contributed by atoms with Crippen molar-refractivity contribution in [1.29, 1.82) is 0 Å². The highest BCUT2D eigenvalue weighted by Crippen LogP contribution is 2.37. The Labute approximate surface area is 150 Å². The number of hydrogen-bond donors (Lipinski definition) is 0. The van der Waals surface area contributed by atoms with Crippen molar-refractivity contribution >= 4 is 11.8 Å². The summed E-state index contributed by atoms with van der Waals surface area (Å²) in [6.07, 6.45) is -1.19. The van der Waals surface area contributed by atoms with Crippen molar-refractivity contribution in [3.63, 3.8) is 0 Å². The fourth-order valence-corrected chi connectivity index (χ4v) is 3.46. The van der Waals surface area contributed by atoms with Gasteiger partial charge in [0, 0.05) is 25.2 Å². The summed E-state index contributed by atoms with van der Waals surface area (Å²) in [4.78, 5) is 31.6. The largest absolute Gasteiger partial charge is 0.406 e. The van der Waals surface area contributed by atoms with Crippen molar-refractivity contribution in [2.75, 3.05) is 13.1 Å². The van der Waals surface area contributed by atoms with Gasteiger partial charge in [0.15, 0.2) is 0 Å². The summed E-state index contributed by atoms with van der Waals surface area (Å²) in [5.41, 5.74) is 0.687. The number of hydrogen-bond acceptors (Lipinski definition) is 3. The zero-order valence-electron chi connectivity index (χ0n) is 14.6. The lowest BCUT2D eigenvalue weighted by Gasteiger charge is -2.32. The summed E-state index contributed by atoms with van der Waals surface area (Å²) in [5.74, 6) is -1.39. The third-order valence-electron chi connectivity index (χ3n) is 5.07. The summed E-state index contributed by atoms with van der Waals surface area (Å²) in [6.45, 7) is 0.819. The predicted molar refractivity (Wildman–Crippen MR) is 87.7 cm³/mol. The van der Waals surface area contributed by atoms with Crippen molar-refractivity contribution in [3.05, 3.63) is 30.1 Å². The van der Waals surface area contributed by atoms with Crippen LogP contribution < -0.4 is 0 Å². The molecule has 1 aromatic rings. The first-order valence-electron chi connectivity index (χ1n) is 8.79. The molecule has 2 fully saturated rings. The Morgan fingerprint density at radius 2 is 2.12 bits per heavy atom. The number of halogens is 3. The molecule has 142 valence electrons. The van der Waals surface area contributed by atoms with Crippen molar-refractivity contribution in [1.82, 2.24) is 14.8 Å². The first-order valence-corrected chi connectivity index (χ1v) is 8.79. The minimum atomic E-state index is -4.45. The molecule has 8 heteroatoms. The van der Waals surface area contributed by atoms with Crippen LogP contribution in [-0.4, -0.2) is 51.9 Å². The number of carbonyl (C=O) groups excluding carboxylic acids is 2. The summed E-state index contributed by atoms with van der Waals surface area (Å²) in [6, 6.07) is 4.88. The molecule has 2 heterocycles. The van der Waals surface area contributed by atoms with E-state index in [4.69, 9.17) is 0 Å². The lowest BCUT2D eigenvalue weighted by atomic mass is 10.0. The molecule has 3 rings (SSSR count). The van der Waals surface area contributed by atoms with Crippen molar-refractivity contribution in [2.45, 2.75) is 44.9 Å². The number of nitrogens with zero attached hydrogens (tertiary/aromatic N) is 3. The van der Waals surface area contributed by atoms with Gasteiger partial charge < -0.3 is 9.80 Å². The van der Waals surface area contributed by atoms with Gasteiger partial charge in [-0.05, 0) is 37.8 Å². The molecule has 0 aromatic carbocycles. The molecular formula is C18H22F3N3O2. The summed E-state index contributed by atoms with van der Waals surface area (Å²) >= 11 is 0. The number of aromatic nitrogens is 1. The summed E-state index contributed by atoms with van der Waals surface area (Å²) in [5, 5.41) is 0. The van der Waals surface area contributed by atoms with Crippen molar-refractivity contribution < 1.29 is 22.8 Å². The topological polar surface area (TPSA) is 53.5 Å². The molecule has 0 radical (unpaired) electrons. The van der Waals surface area contributed by atoms with Crippen LogP contribution in [-0.2, 0) is 16.1 Å². The second-order valence-electron chi connectivity index (χ2n) is 7.16. The van der Waals surface area contributed by atoms with Gasteiger partial charge in [0.2, 0.25) is 11.8 Å². The minimum absolute atomic E-state index is 0.0442. The molecular weight excluding hydrogens is 347 g/mol. The van der Waals surface area contributed by atoms with E-state index in [1.807, 2.05) is 0 Å². The van der Waals surface area contributed by atoms with E-state index < -0.39 is 30.6 Å². The summed E-state index contributed by atoms with van der Waals surface area (Å²) in [7, 11) is 0. The Morgan fingerprint density at radius 3 is 2.69 bits per heavy atom. The Kier molecular flexibility index (Phi) is 5.20. The van der Waals surface area contributed by atoms with Gasteiger partial charge >= 0.3 is 6.18 Å². The highest BCUT2D eigenvalue weighted by Gasteiger charge is 2.44. The highest BCUT2D eigenvalue weighted by atomic mass is 19.4. The molecule has 1 aliphatic heterocycles. The molecule has 0 unspecified atom stereocenters. The van der Waals surface area contributed by atoms with Crippen LogP contribution in [0, 0.1) is 11.8 Å². The van der Waals surface area contributed by atoms with Gasteiger partial charge in [-0.25, -0.2) is 0 Å². The quantitative estimate of drug-likeness (QED) is 0.775. The predicted octanol–water partition coefficient (Wildman–Crippen LogP) is 2.62. The molecule has 2 amide bonds. The highest BCUT2D eigenvalue weighted by molar-refractivity contribution is 5.89. The normalized spacial score (nSPS) is 21.8. The zero-order valence-corrected chi connectivity index (χ0v) is 14.6. The first-order chi connectivity index (χ1) is 12.2. The molecule has 1 aromatic heterocycles. The van der Waals surface area contributed by atoms with E-state index in [-0.39, 0.29) is 31.3 Å². The maximum Gasteiger partial charge on any atom is 0.406 e. The van der Waals surface area contributed by atoms with Crippen molar-refractivity contribution in [2.24, 2.45) is 11.8 Å². The number of amides is 2.